The van der Waals surface area contributed by atoms with Crippen LogP contribution < -0.4 is 14.8 Å². The van der Waals surface area contributed by atoms with Crippen molar-refractivity contribution in [1.29, 1.82) is 0 Å². The summed E-state index contributed by atoms with van der Waals surface area (Å²) in [5.41, 5.74) is 8.32. The van der Waals surface area contributed by atoms with E-state index in [2.05, 4.69) is 67.7 Å². The topological polar surface area (TPSA) is 47.8 Å². The van der Waals surface area contributed by atoms with Crippen LogP contribution in [0.3, 0.4) is 0 Å². The van der Waals surface area contributed by atoms with E-state index in [0.717, 1.165) is 45.6 Å². The van der Waals surface area contributed by atoms with Crippen LogP contribution >= 0.6 is 0 Å². The fourth-order valence-electron chi connectivity index (χ4n) is 3.96. The Morgan fingerprint density at radius 3 is 2.27 bits per heavy atom. The highest BCUT2D eigenvalue weighted by Crippen LogP contribution is 2.40. The van der Waals surface area contributed by atoms with E-state index in [4.69, 9.17) is 14.5 Å². The molecule has 0 aliphatic rings. The first-order chi connectivity index (χ1) is 14.4. The molecule has 4 aromatic rings. The number of imidazole rings is 1. The predicted molar refractivity (Wildman–Crippen MR) is 122 cm³/mol. The van der Waals surface area contributed by atoms with Gasteiger partial charge in [0.1, 0.15) is 28.7 Å². The zero-order valence-corrected chi connectivity index (χ0v) is 18.3. The fraction of sp³-hybridized carbons (Fsp3) is 0.240. The second-order valence-electron chi connectivity index (χ2n) is 7.63. The largest absolute Gasteiger partial charge is 0.497 e. The molecule has 0 bridgehead atoms. The number of para-hydroxylation sites is 1. The molecule has 5 nitrogen and oxygen atoms in total. The number of benzene rings is 2. The molecule has 0 aliphatic carbocycles. The highest BCUT2D eigenvalue weighted by molar-refractivity contribution is 5.84. The van der Waals surface area contributed by atoms with E-state index in [-0.39, 0.29) is 0 Å². The summed E-state index contributed by atoms with van der Waals surface area (Å²) in [6, 6.07) is 16.3. The molecular weight excluding hydrogens is 374 g/mol. The van der Waals surface area contributed by atoms with E-state index in [1.165, 1.54) is 16.7 Å². The summed E-state index contributed by atoms with van der Waals surface area (Å²) in [6.45, 7) is 8.42. The zero-order chi connectivity index (χ0) is 21.4. The third-order valence-electron chi connectivity index (χ3n) is 5.44. The first-order valence-corrected chi connectivity index (χ1v) is 9.98. The van der Waals surface area contributed by atoms with Crippen molar-refractivity contribution in [2.75, 3.05) is 19.5 Å². The summed E-state index contributed by atoms with van der Waals surface area (Å²) < 4.78 is 13.3. The third-order valence-corrected chi connectivity index (χ3v) is 5.44. The molecule has 30 heavy (non-hydrogen) atoms. The Hall–Kier alpha value is -3.47. The van der Waals surface area contributed by atoms with E-state index >= 15 is 0 Å². The molecule has 154 valence electrons. The highest BCUT2D eigenvalue weighted by atomic mass is 16.5. The van der Waals surface area contributed by atoms with Gasteiger partial charge >= 0.3 is 0 Å². The van der Waals surface area contributed by atoms with Crippen molar-refractivity contribution < 1.29 is 9.47 Å². The molecule has 2 aromatic heterocycles. The number of aryl methyl sites for hydroxylation is 4. The quantitative estimate of drug-likeness (QED) is 0.446. The first-order valence-electron chi connectivity index (χ1n) is 9.98. The molecule has 0 unspecified atom stereocenters. The second kappa shape index (κ2) is 7.75. The van der Waals surface area contributed by atoms with Gasteiger partial charge in [0.25, 0.3) is 0 Å². The van der Waals surface area contributed by atoms with Crippen molar-refractivity contribution in [3.05, 3.63) is 70.9 Å². The van der Waals surface area contributed by atoms with Gasteiger partial charge in [-0.1, -0.05) is 18.2 Å². The molecule has 0 radical (unpaired) electrons. The van der Waals surface area contributed by atoms with E-state index in [1.807, 2.05) is 18.2 Å². The van der Waals surface area contributed by atoms with Gasteiger partial charge in [0.05, 0.1) is 14.2 Å². The Labute approximate surface area is 177 Å². The molecular formula is C25H27N3O2. The summed E-state index contributed by atoms with van der Waals surface area (Å²) in [5, 5.41) is 3.68. The van der Waals surface area contributed by atoms with Crippen LogP contribution in [0, 0.1) is 27.7 Å². The Balaban J connectivity index is 2.03. The second-order valence-corrected chi connectivity index (χ2v) is 7.63. The SMILES string of the molecule is COc1ccc(OC)c(-c2nc3cc(C)cc(C)n3c2Nc2c(C)cccc2C)c1. The number of rotatable bonds is 5. The minimum absolute atomic E-state index is 0.748. The number of fused-ring (bicyclic) bond motifs is 1. The standard InChI is InChI=1S/C25H27N3O2/c1-15-12-18(4)28-22(13-15)26-24(20-14-19(29-5)10-11-21(20)30-6)25(28)27-23-16(2)8-7-9-17(23)3/h7-14,27H,1-6H3. The van der Waals surface area contributed by atoms with Gasteiger partial charge in [-0.25, -0.2) is 4.98 Å². The molecule has 0 fully saturated rings. The smallest absolute Gasteiger partial charge is 0.143 e. The molecule has 4 rings (SSSR count). The summed E-state index contributed by atoms with van der Waals surface area (Å²) in [7, 11) is 3.34. The van der Waals surface area contributed by atoms with Gasteiger partial charge in [0.2, 0.25) is 0 Å². The predicted octanol–water partition coefficient (Wildman–Crippen LogP) is 6.00. The van der Waals surface area contributed by atoms with Gasteiger partial charge < -0.3 is 14.8 Å². The summed E-state index contributed by atoms with van der Waals surface area (Å²) in [5.74, 6) is 2.42. The minimum atomic E-state index is 0.748. The Morgan fingerprint density at radius 1 is 0.867 bits per heavy atom. The average molecular weight is 402 g/mol. The molecule has 2 aromatic carbocycles. The maximum atomic E-state index is 5.67. The number of nitrogens with one attached hydrogen (secondary N) is 1. The van der Waals surface area contributed by atoms with Crippen LogP contribution in [0.1, 0.15) is 22.4 Å². The van der Waals surface area contributed by atoms with Gasteiger partial charge in [-0.3, -0.25) is 4.40 Å². The molecule has 2 heterocycles. The lowest BCUT2D eigenvalue weighted by Gasteiger charge is -2.16. The Morgan fingerprint density at radius 2 is 1.60 bits per heavy atom. The van der Waals surface area contributed by atoms with Crippen LogP contribution in [0.25, 0.3) is 16.9 Å². The van der Waals surface area contributed by atoms with Crippen molar-refractivity contribution in [3.63, 3.8) is 0 Å². The molecule has 0 spiro atoms. The van der Waals surface area contributed by atoms with Gasteiger partial charge in [0, 0.05) is 16.9 Å². The van der Waals surface area contributed by atoms with Crippen molar-refractivity contribution in [2.45, 2.75) is 27.7 Å². The molecule has 0 aliphatic heterocycles. The van der Waals surface area contributed by atoms with E-state index in [0.29, 0.717) is 0 Å². The zero-order valence-electron chi connectivity index (χ0n) is 18.3. The number of pyridine rings is 1. The monoisotopic (exact) mass is 401 g/mol. The maximum absolute atomic E-state index is 5.67. The van der Waals surface area contributed by atoms with Crippen LogP contribution in [0.15, 0.2) is 48.5 Å². The van der Waals surface area contributed by atoms with Crippen LogP contribution in [0.2, 0.25) is 0 Å². The molecule has 0 saturated carbocycles. The van der Waals surface area contributed by atoms with Gasteiger partial charge in [0.15, 0.2) is 0 Å². The minimum Gasteiger partial charge on any atom is -0.497 e. The van der Waals surface area contributed by atoms with Crippen LogP contribution in [0.5, 0.6) is 11.5 Å². The normalized spacial score (nSPS) is 11.0. The fourth-order valence-corrected chi connectivity index (χ4v) is 3.96. The summed E-state index contributed by atoms with van der Waals surface area (Å²) in [4.78, 5) is 5.01. The Kier molecular flexibility index (Phi) is 5.12. The number of nitrogens with zero attached hydrogens (tertiary/aromatic N) is 2. The number of hydrogen-bond donors (Lipinski definition) is 1. The molecule has 0 atom stereocenters. The summed E-state index contributed by atoms with van der Waals surface area (Å²) in [6.07, 6.45) is 0. The number of anilines is 2. The molecule has 1 N–H and O–H groups in total. The lowest BCUT2D eigenvalue weighted by molar-refractivity contribution is 0.404. The van der Waals surface area contributed by atoms with Crippen LogP contribution in [-0.2, 0) is 0 Å². The van der Waals surface area contributed by atoms with Crippen LogP contribution in [-0.4, -0.2) is 23.6 Å². The van der Waals surface area contributed by atoms with Gasteiger partial charge in [-0.15, -0.1) is 0 Å². The molecule has 0 amide bonds. The van der Waals surface area contributed by atoms with Crippen molar-refractivity contribution in [3.8, 4) is 22.8 Å². The van der Waals surface area contributed by atoms with E-state index in [9.17, 15) is 0 Å². The first kappa shape index (κ1) is 19.8. The van der Waals surface area contributed by atoms with Crippen molar-refractivity contribution in [1.82, 2.24) is 9.38 Å². The number of aromatic nitrogens is 2. The van der Waals surface area contributed by atoms with Crippen molar-refractivity contribution >= 4 is 17.2 Å². The van der Waals surface area contributed by atoms with Gasteiger partial charge in [-0.2, -0.15) is 0 Å². The highest BCUT2D eigenvalue weighted by Gasteiger charge is 2.21. The molecule has 0 saturated heterocycles. The van der Waals surface area contributed by atoms with Crippen molar-refractivity contribution in [2.24, 2.45) is 0 Å². The lowest BCUT2D eigenvalue weighted by Crippen LogP contribution is -2.03. The maximum Gasteiger partial charge on any atom is 0.143 e. The van der Waals surface area contributed by atoms with Gasteiger partial charge in [-0.05, 0) is 74.7 Å². The third kappa shape index (κ3) is 3.36. The summed E-state index contributed by atoms with van der Waals surface area (Å²) >= 11 is 0. The lowest BCUT2D eigenvalue weighted by atomic mass is 10.1. The number of ether oxygens (including phenoxy) is 2. The van der Waals surface area contributed by atoms with E-state index in [1.54, 1.807) is 14.2 Å². The molecule has 5 heteroatoms. The number of hydrogen-bond acceptors (Lipinski definition) is 4. The number of methoxy groups -OCH3 is 2. The van der Waals surface area contributed by atoms with E-state index < -0.39 is 0 Å². The Bertz CT molecular complexity index is 1220. The average Bonchev–Trinajstić information content (AvgIpc) is 3.08. The van der Waals surface area contributed by atoms with Crippen LogP contribution in [0.4, 0.5) is 11.5 Å².